The minimum atomic E-state index is -0.322. The number of aromatic nitrogens is 6. The summed E-state index contributed by atoms with van der Waals surface area (Å²) in [6.45, 7) is 1.93. The Morgan fingerprint density at radius 3 is 2.79 bits per heavy atom. The fourth-order valence-corrected chi connectivity index (χ4v) is 4.22. The van der Waals surface area contributed by atoms with Crippen molar-refractivity contribution in [2.45, 2.75) is 26.9 Å². The molecule has 0 aliphatic carbocycles. The van der Waals surface area contributed by atoms with Crippen LogP contribution in [0.25, 0.3) is 0 Å². The van der Waals surface area contributed by atoms with Crippen LogP contribution < -0.4 is 5.32 Å². The second-order valence-electron chi connectivity index (χ2n) is 5.42. The molecule has 0 saturated heterocycles. The number of H-pyrrole nitrogens is 1. The fourth-order valence-electron chi connectivity index (χ4n) is 2.16. The van der Waals surface area contributed by atoms with Crippen molar-refractivity contribution >= 4 is 45.9 Å². The number of thiazole rings is 1. The van der Waals surface area contributed by atoms with Crippen molar-refractivity contribution in [2.75, 3.05) is 5.32 Å². The Morgan fingerprint density at radius 1 is 1.14 bits per heavy atom. The van der Waals surface area contributed by atoms with E-state index < -0.39 is 0 Å². The molecule has 140 valence electrons. The maximum absolute atomic E-state index is 12.9. The SMILES string of the molecule is Cc1ccc(Sc2ccc(Sc3ncn[nH]3)nc2C(=O)Nc2nccs2)cn1. The van der Waals surface area contributed by atoms with E-state index in [0.29, 0.717) is 21.0 Å². The van der Waals surface area contributed by atoms with Crippen molar-refractivity contribution in [3.63, 3.8) is 0 Å². The van der Waals surface area contributed by atoms with Gasteiger partial charge in [-0.15, -0.1) is 11.3 Å². The van der Waals surface area contributed by atoms with Crippen LogP contribution in [-0.4, -0.2) is 36.0 Å². The molecule has 11 heteroatoms. The van der Waals surface area contributed by atoms with Crippen LogP contribution in [-0.2, 0) is 0 Å². The number of carbonyl (C=O) groups excluding carboxylic acids is 1. The lowest BCUT2D eigenvalue weighted by Crippen LogP contribution is -2.15. The predicted octanol–water partition coefficient (Wildman–Crippen LogP) is 3.91. The van der Waals surface area contributed by atoms with Crippen LogP contribution >= 0.6 is 34.9 Å². The normalized spacial score (nSPS) is 10.8. The Hall–Kier alpha value is -2.76. The largest absolute Gasteiger partial charge is 0.296 e. The molecule has 0 aromatic carbocycles. The van der Waals surface area contributed by atoms with Gasteiger partial charge in [0.1, 0.15) is 17.0 Å². The summed E-state index contributed by atoms with van der Waals surface area (Å²) in [5.74, 6) is -0.322. The molecule has 8 nitrogen and oxygen atoms in total. The minimum absolute atomic E-state index is 0.310. The predicted molar refractivity (Wildman–Crippen MR) is 108 cm³/mol. The van der Waals surface area contributed by atoms with E-state index in [2.05, 4.69) is 35.5 Å². The number of aryl methyl sites for hydroxylation is 1. The zero-order valence-electron chi connectivity index (χ0n) is 14.5. The van der Waals surface area contributed by atoms with E-state index in [0.717, 1.165) is 15.5 Å². The molecule has 4 heterocycles. The summed E-state index contributed by atoms with van der Waals surface area (Å²) in [6, 6.07) is 7.61. The highest BCUT2D eigenvalue weighted by molar-refractivity contribution is 7.99. The van der Waals surface area contributed by atoms with Crippen LogP contribution in [0.3, 0.4) is 0 Å². The van der Waals surface area contributed by atoms with E-state index in [-0.39, 0.29) is 5.91 Å². The Kier molecular flexibility index (Phi) is 5.65. The third-order valence-electron chi connectivity index (χ3n) is 3.41. The quantitative estimate of drug-likeness (QED) is 0.477. The first-order valence-electron chi connectivity index (χ1n) is 8.03. The molecular formula is C17H13N7OS3. The maximum atomic E-state index is 12.9. The van der Waals surface area contributed by atoms with Gasteiger partial charge in [-0.2, -0.15) is 5.10 Å². The maximum Gasteiger partial charge on any atom is 0.277 e. The Morgan fingerprint density at radius 2 is 2.07 bits per heavy atom. The molecule has 4 aromatic heterocycles. The molecule has 0 bridgehead atoms. The Balaban J connectivity index is 1.64. The number of amides is 1. The first kappa shape index (κ1) is 18.6. The molecule has 0 aliphatic rings. The first-order chi connectivity index (χ1) is 13.7. The van der Waals surface area contributed by atoms with Gasteiger partial charge >= 0.3 is 0 Å². The van der Waals surface area contributed by atoms with Crippen LogP contribution in [0.1, 0.15) is 16.2 Å². The van der Waals surface area contributed by atoms with Crippen LogP contribution in [0.5, 0.6) is 0 Å². The number of nitrogens with one attached hydrogen (secondary N) is 2. The molecule has 4 aromatic rings. The molecule has 0 radical (unpaired) electrons. The fraction of sp³-hybridized carbons (Fsp3) is 0.0588. The van der Waals surface area contributed by atoms with E-state index in [1.165, 1.54) is 41.2 Å². The molecule has 1 amide bonds. The van der Waals surface area contributed by atoms with Crippen LogP contribution in [0.15, 0.2) is 68.3 Å². The first-order valence-corrected chi connectivity index (χ1v) is 10.5. The smallest absolute Gasteiger partial charge is 0.277 e. The number of pyridine rings is 2. The number of anilines is 1. The van der Waals surface area contributed by atoms with Crippen molar-refractivity contribution < 1.29 is 4.79 Å². The van der Waals surface area contributed by atoms with Crippen molar-refractivity contribution in [3.8, 4) is 0 Å². The van der Waals surface area contributed by atoms with Crippen LogP contribution in [0.2, 0.25) is 0 Å². The highest BCUT2D eigenvalue weighted by atomic mass is 32.2. The summed E-state index contributed by atoms with van der Waals surface area (Å²) in [7, 11) is 0. The Bertz CT molecular complexity index is 1070. The van der Waals surface area contributed by atoms with Gasteiger partial charge in [-0.1, -0.05) is 11.8 Å². The second-order valence-corrected chi connectivity index (χ2v) is 8.44. The molecule has 0 spiro atoms. The summed E-state index contributed by atoms with van der Waals surface area (Å²) in [6.07, 6.45) is 4.84. The Labute approximate surface area is 172 Å². The number of nitrogens with zero attached hydrogens (tertiary/aromatic N) is 5. The van der Waals surface area contributed by atoms with E-state index in [4.69, 9.17) is 0 Å². The molecule has 2 N–H and O–H groups in total. The average Bonchev–Trinajstić information content (AvgIpc) is 3.39. The molecule has 0 unspecified atom stereocenters. The lowest BCUT2D eigenvalue weighted by atomic mass is 10.3. The van der Waals surface area contributed by atoms with E-state index in [1.807, 2.05) is 31.2 Å². The third kappa shape index (κ3) is 4.55. The summed E-state index contributed by atoms with van der Waals surface area (Å²) in [5, 5.41) is 12.9. The molecule has 0 saturated carbocycles. The summed E-state index contributed by atoms with van der Waals surface area (Å²) < 4.78 is 0. The molecule has 0 aliphatic heterocycles. The van der Waals surface area contributed by atoms with Crippen molar-refractivity contribution in [1.29, 1.82) is 0 Å². The topological polar surface area (TPSA) is 109 Å². The van der Waals surface area contributed by atoms with Crippen molar-refractivity contribution in [2.24, 2.45) is 0 Å². The van der Waals surface area contributed by atoms with Gasteiger partial charge in [0.05, 0.1) is 0 Å². The van der Waals surface area contributed by atoms with Crippen molar-refractivity contribution in [1.82, 2.24) is 30.1 Å². The highest BCUT2D eigenvalue weighted by Crippen LogP contribution is 2.32. The average molecular weight is 428 g/mol. The van der Waals surface area contributed by atoms with E-state index in [1.54, 1.807) is 17.8 Å². The standard InChI is InChI=1S/C17H13N7OS3/c1-10-2-3-11(8-19-10)27-12-4-5-13(28-17-20-9-21-24-17)22-14(12)15(25)23-16-18-6-7-26-16/h2-9H,1H3,(H,18,23,25)(H,20,21,24). The molecule has 0 fully saturated rings. The van der Waals surface area contributed by atoms with Gasteiger partial charge in [-0.3, -0.25) is 20.2 Å². The van der Waals surface area contributed by atoms with Gasteiger partial charge < -0.3 is 0 Å². The van der Waals surface area contributed by atoms with Gasteiger partial charge in [0.25, 0.3) is 5.91 Å². The zero-order chi connectivity index (χ0) is 19.3. The van der Waals surface area contributed by atoms with E-state index in [9.17, 15) is 4.79 Å². The molecule has 4 rings (SSSR count). The zero-order valence-corrected chi connectivity index (χ0v) is 16.9. The lowest BCUT2D eigenvalue weighted by molar-refractivity contribution is 0.101. The number of aromatic amines is 1. The second kappa shape index (κ2) is 8.50. The lowest BCUT2D eigenvalue weighted by Gasteiger charge is -2.09. The van der Waals surface area contributed by atoms with Gasteiger partial charge in [-0.05, 0) is 43.0 Å². The number of rotatable bonds is 6. The molecule has 0 atom stereocenters. The van der Waals surface area contributed by atoms with Crippen LogP contribution in [0.4, 0.5) is 5.13 Å². The van der Waals surface area contributed by atoms with Gasteiger partial charge in [0, 0.05) is 33.3 Å². The monoisotopic (exact) mass is 427 g/mol. The molecular weight excluding hydrogens is 414 g/mol. The van der Waals surface area contributed by atoms with Gasteiger partial charge in [-0.25, -0.2) is 15.0 Å². The van der Waals surface area contributed by atoms with Gasteiger partial charge in [0.2, 0.25) is 0 Å². The highest BCUT2D eigenvalue weighted by Gasteiger charge is 2.18. The number of carbonyl (C=O) groups is 1. The third-order valence-corrected chi connectivity index (χ3v) is 5.95. The van der Waals surface area contributed by atoms with Crippen LogP contribution in [0, 0.1) is 6.92 Å². The molecule has 28 heavy (non-hydrogen) atoms. The summed E-state index contributed by atoms with van der Waals surface area (Å²) >= 11 is 4.08. The number of hydrogen-bond donors (Lipinski definition) is 2. The van der Waals surface area contributed by atoms with Gasteiger partial charge in [0.15, 0.2) is 10.3 Å². The minimum Gasteiger partial charge on any atom is -0.296 e. The van der Waals surface area contributed by atoms with E-state index >= 15 is 0 Å². The number of hydrogen-bond acceptors (Lipinski definition) is 9. The summed E-state index contributed by atoms with van der Waals surface area (Å²) in [4.78, 5) is 31.5. The summed E-state index contributed by atoms with van der Waals surface area (Å²) in [5.41, 5.74) is 1.24. The van der Waals surface area contributed by atoms with Crippen molar-refractivity contribution in [3.05, 3.63) is 59.8 Å².